The number of aromatic nitrogens is 2. The molecule has 7 heteroatoms. The van der Waals surface area contributed by atoms with E-state index in [-0.39, 0.29) is 11.9 Å². The maximum Gasteiger partial charge on any atom is 0.249 e. The van der Waals surface area contributed by atoms with E-state index in [1.807, 2.05) is 13.0 Å². The zero-order valence-electron chi connectivity index (χ0n) is 16.3. The summed E-state index contributed by atoms with van der Waals surface area (Å²) in [6, 6.07) is 7.13. The average Bonchev–Trinajstić information content (AvgIpc) is 3.24. The molecule has 2 N–H and O–H groups in total. The Morgan fingerprint density at radius 2 is 2.04 bits per heavy atom. The van der Waals surface area contributed by atoms with E-state index in [1.165, 1.54) is 12.8 Å². The van der Waals surface area contributed by atoms with Gasteiger partial charge >= 0.3 is 0 Å². The van der Waals surface area contributed by atoms with Crippen LogP contribution in [0.3, 0.4) is 0 Å². The SMILES string of the molecule is CCC1C(=O)N(C)c2cnc(-c3cccc(C(N)=O)c3)nc2N1C1CCCC1. The minimum atomic E-state index is -0.483. The predicted molar refractivity (Wildman–Crippen MR) is 108 cm³/mol. The number of benzene rings is 1. The van der Waals surface area contributed by atoms with Gasteiger partial charge in [-0.1, -0.05) is 31.9 Å². The third kappa shape index (κ3) is 3.00. The zero-order valence-corrected chi connectivity index (χ0v) is 16.3. The van der Waals surface area contributed by atoms with Crippen LogP contribution in [-0.4, -0.2) is 40.9 Å². The summed E-state index contributed by atoms with van der Waals surface area (Å²) in [5.74, 6) is 0.940. The third-order valence-electron chi connectivity index (χ3n) is 5.82. The van der Waals surface area contributed by atoms with Crippen molar-refractivity contribution < 1.29 is 9.59 Å². The molecule has 1 unspecified atom stereocenters. The first-order valence-electron chi connectivity index (χ1n) is 9.84. The maximum atomic E-state index is 12.9. The van der Waals surface area contributed by atoms with Crippen LogP contribution in [0.15, 0.2) is 30.5 Å². The second kappa shape index (κ2) is 7.22. The molecule has 0 bridgehead atoms. The van der Waals surface area contributed by atoms with Gasteiger partial charge in [0.2, 0.25) is 11.8 Å². The summed E-state index contributed by atoms with van der Waals surface area (Å²) >= 11 is 0. The van der Waals surface area contributed by atoms with Crippen LogP contribution >= 0.6 is 0 Å². The molecule has 4 rings (SSSR count). The summed E-state index contributed by atoms with van der Waals surface area (Å²) in [5.41, 5.74) is 7.30. The minimum Gasteiger partial charge on any atom is -0.366 e. The highest BCUT2D eigenvalue weighted by molar-refractivity contribution is 6.04. The zero-order chi connectivity index (χ0) is 19.8. The molecule has 0 radical (unpaired) electrons. The first-order valence-corrected chi connectivity index (χ1v) is 9.84. The number of nitrogens with two attached hydrogens (primary N) is 1. The lowest BCUT2D eigenvalue weighted by molar-refractivity contribution is -0.120. The van der Waals surface area contributed by atoms with E-state index >= 15 is 0 Å². The van der Waals surface area contributed by atoms with Crippen molar-refractivity contribution in [3.05, 3.63) is 36.0 Å². The Bertz CT molecular complexity index is 923. The van der Waals surface area contributed by atoms with Crippen LogP contribution in [0.2, 0.25) is 0 Å². The monoisotopic (exact) mass is 379 g/mol. The van der Waals surface area contributed by atoms with E-state index in [4.69, 9.17) is 10.7 Å². The maximum absolute atomic E-state index is 12.9. The van der Waals surface area contributed by atoms with E-state index in [1.54, 1.807) is 36.3 Å². The standard InChI is InChI=1S/C21H25N5O2/c1-3-16-21(28)25(2)17-12-23-19(14-8-6-7-13(11-14)18(22)27)24-20(17)26(16)15-9-4-5-10-15/h6-8,11-12,15-16H,3-5,9-10H2,1-2H3,(H2,22,27). The Morgan fingerprint density at radius 1 is 1.29 bits per heavy atom. The Morgan fingerprint density at radius 3 is 2.71 bits per heavy atom. The normalized spacial score (nSPS) is 19.8. The van der Waals surface area contributed by atoms with E-state index < -0.39 is 5.91 Å². The molecular weight excluding hydrogens is 354 g/mol. The van der Waals surface area contributed by atoms with Crippen molar-refractivity contribution in [3.8, 4) is 11.4 Å². The molecular formula is C21H25N5O2. The van der Waals surface area contributed by atoms with Gasteiger partial charge in [0.15, 0.2) is 11.6 Å². The molecule has 1 aliphatic carbocycles. The molecule has 2 heterocycles. The average molecular weight is 379 g/mol. The second-order valence-electron chi connectivity index (χ2n) is 7.51. The van der Waals surface area contributed by atoms with Gasteiger partial charge in [0.1, 0.15) is 11.7 Å². The fraction of sp³-hybridized carbons (Fsp3) is 0.429. The molecule has 2 amide bonds. The Balaban J connectivity index is 1.83. The van der Waals surface area contributed by atoms with Gasteiger partial charge in [0.05, 0.1) is 6.20 Å². The Labute approximate surface area is 164 Å². The lowest BCUT2D eigenvalue weighted by Gasteiger charge is -2.43. The van der Waals surface area contributed by atoms with Crippen molar-refractivity contribution in [3.63, 3.8) is 0 Å². The first kappa shape index (κ1) is 18.4. The minimum absolute atomic E-state index is 0.0916. The molecule has 0 spiro atoms. The van der Waals surface area contributed by atoms with E-state index in [0.29, 0.717) is 17.4 Å². The number of carbonyl (C=O) groups excluding carboxylic acids is 2. The second-order valence-corrected chi connectivity index (χ2v) is 7.51. The summed E-state index contributed by atoms with van der Waals surface area (Å²) in [4.78, 5) is 37.7. The number of fused-ring (bicyclic) bond motifs is 1. The molecule has 2 aliphatic rings. The fourth-order valence-corrected chi connectivity index (χ4v) is 4.33. The van der Waals surface area contributed by atoms with Crippen molar-refractivity contribution in [2.75, 3.05) is 16.8 Å². The van der Waals surface area contributed by atoms with Gasteiger partial charge in [0.25, 0.3) is 0 Å². The van der Waals surface area contributed by atoms with Gasteiger partial charge in [-0.25, -0.2) is 9.97 Å². The third-order valence-corrected chi connectivity index (χ3v) is 5.82. The number of hydrogen-bond donors (Lipinski definition) is 1. The van der Waals surface area contributed by atoms with Crippen molar-refractivity contribution >= 4 is 23.3 Å². The molecule has 1 aromatic carbocycles. The lowest BCUT2D eigenvalue weighted by atomic mass is 10.0. The lowest BCUT2D eigenvalue weighted by Crippen LogP contribution is -2.55. The molecule has 1 aromatic heterocycles. The molecule has 146 valence electrons. The number of anilines is 2. The highest BCUT2D eigenvalue weighted by Gasteiger charge is 2.41. The number of carbonyl (C=O) groups is 2. The predicted octanol–water partition coefficient (Wildman–Crippen LogP) is 2.75. The van der Waals surface area contributed by atoms with Gasteiger partial charge in [-0.05, 0) is 31.4 Å². The van der Waals surface area contributed by atoms with Gasteiger partial charge in [-0.2, -0.15) is 0 Å². The number of hydrogen-bond acceptors (Lipinski definition) is 5. The smallest absolute Gasteiger partial charge is 0.249 e. The van der Waals surface area contributed by atoms with Crippen molar-refractivity contribution in [2.24, 2.45) is 5.73 Å². The summed E-state index contributed by atoms with van der Waals surface area (Å²) < 4.78 is 0. The van der Waals surface area contributed by atoms with Crippen LogP contribution in [0.5, 0.6) is 0 Å². The van der Waals surface area contributed by atoms with Crippen molar-refractivity contribution in [2.45, 2.75) is 51.1 Å². The molecule has 1 saturated carbocycles. The van der Waals surface area contributed by atoms with Crippen LogP contribution in [-0.2, 0) is 4.79 Å². The number of amides is 2. The largest absolute Gasteiger partial charge is 0.366 e. The highest BCUT2D eigenvalue weighted by Crippen LogP contribution is 2.40. The van der Waals surface area contributed by atoms with E-state index in [9.17, 15) is 9.59 Å². The number of likely N-dealkylation sites (N-methyl/N-ethyl adjacent to an activating group) is 1. The molecule has 2 aromatic rings. The highest BCUT2D eigenvalue weighted by atomic mass is 16.2. The summed E-state index contributed by atoms with van der Waals surface area (Å²) in [5, 5.41) is 0. The van der Waals surface area contributed by atoms with Crippen molar-refractivity contribution in [1.82, 2.24) is 9.97 Å². The number of primary amides is 1. The molecule has 7 nitrogen and oxygen atoms in total. The molecule has 0 saturated heterocycles. The van der Waals surface area contributed by atoms with Crippen LogP contribution in [0, 0.1) is 0 Å². The quantitative estimate of drug-likeness (QED) is 0.882. The van der Waals surface area contributed by atoms with E-state index in [0.717, 1.165) is 36.3 Å². The van der Waals surface area contributed by atoms with E-state index in [2.05, 4.69) is 9.88 Å². The van der Waals surface area contributed by atoms with Crippen LogP contribution in [0.4, 0.5) is 11.5 Å². The van der Waals surface area contributed by atoms with Gasteiger partial charge in [-0.15, -0.1) is 0 Å². The topological polar surface area (TPSA) is 92.4 Å². The molecule has 1 fully saturated rings. The van der Waals surface area contributed by atoms with Gasteiger partial charge in [-0.3, -0.25) is 9.59 Å². The summed E-state index contributed by atoms with van der Waals surface area (Å²) in [6.45, 7) is 2.04. The fourth-order valence-electron chi connectivity index (χ4n) is 4.33. The number of nitrogens with zero attached hydrogens (tertiary/aromatic N) is 4. The van der Waals surface area contributed by atoms with Crippen LogP contribution in [0.1, 0.15) is 49.4 Å². The molecule has 1 atom stereocenters. The summed E-state index contributed by atoms with van der Waals surface area (Å²) in [7, 11) is 1.78. The Hall–Kier alpha value is -2.96. The first-order chi connectivity index (χ1) is 13.5. The van der Waals surface area contributed by atoms with Crippen LogP contribution < -0.4 is 15.5 Å². The summed E-state index contributed by atoms with van der Waals surface area (Å²) in [6.07, 6.45) is 6.94. The number of rotatable bonds is 4. The van der Waals surface area contributed by atoms with Gasteiger partial charge in [0, 0.05) is 24.2 Å². The van der Waals surface area contributed by atoms with Gasteiger partial charge < -0.3 is 15.5 Å². The molecule has 28 heavy (non-hydrogen) atoms. The molecule has 1 aliphatic heterocycles. The van der Waals surface area contributed by atoms with Crippen molar-refractivity contribution in [1.29, 1.82) is 0 Å². The van der Waals surface area contributed by atoms with Crippen LogP contribution in [0.25, 0.3) is 11.4 Å². The Kier molecular flexibility index (Phi) is 4.75.